The maximum absolute atomic E-state index is 13.6. The molecular formula is C14H20FN3O. The number of nitrogens with zero attached hydrogens (tertiary/aromatic N) is 2. The molecule has 1 N–H and O–H groups in total. The molecule has 0 bridgehead atoms. The summed E-state index contributed by atoms with van der Waals surface area (Å²) < 4.78 is 13.6. The number of rotatable bonds is 5. The number of carbonyl (C=O) groups excluding carboxylic acids is 1. The Hall–Kier alpha value is -1.49. The number of hydrogen-bond donors (Lipinski definition) is 1. The zero-order valence-electron chi connectivity index (χ0n) is 11.2. The Morgan fingerprint density at radius 2 is 2.47 bits per heavy atom. The lowest BCUT2D eigenvalue weighted by molar-refractivity contribution is 0.0737. The molecule has 19 heavy (non-hydrogen) atoms. The van der Waals surface area contributed by atoms with Crippen LogP contribution in [0.4, 0.5) is 4.39 Å². The first-order valence-electron chi connectivity index (χ1n) is 6.84. The number of amides is 1. The molecule has 1 unspecified atom stereocenters. The first-order chi connectivity index (χ1) is 9.22. The van der Waals surface area contributed by atoms with Gasteiger partial charge in [-0.2, -0.15) is 0 Å². The Morgan fingerprint density at radius 3 is 3.11 bits per heavy atom. The monoisotopic (exact) mass is 265 g/mol. The van der Waals surface area contributed by atoms with Crippen molar-refractivity contribution < 1.29 is 9.18 Å². The van der Waals surface area contributed by atoms with Gasteiger partial charge in [0.25, 0.3) is 5.91 Å². The van der Waals surface area contributed by atoms with Crippen LogP contribution in [0.15, 0.2) is 18.5 Å². The fraction of sp³-hybridized carbons (Fsp3) is 0.571. The van der Waals surface area contributed by atoms with Crippen LogP contribution >= 0.6 is 0 Å². The van der Waals surface area contributed by atoms with Crippen LogP contribution in [0, 0.1) is 5.82 Å². The van der Waals surface area contributed by atoms with Crippen LogP contribution < -0.4 is 5.32 Å². The van der Waals surface area contributed by atoms with Crippen molar-refractivity contribution in [1.82, 2.24) is 15.2 Å². The van der Waals surface area contributed by atoms with Crippen LogP contribution in [0.1, 0.15) is 36.5 Å². The van der Waals surface area contributed by atoms with Crippen molar-refractivity contribution in [2.45, 2.75) is 32.2 Å². The van der Waals surface area contributed by atoms with E-state index in [0.29, 0.717) is 19.1 Å². The van der Waals surface area contributed by atoms with Gasteiger partial charge >= 0.3 is 0 Å². The second kappa shape index (κ2) is 6.61. The number of pyridine rings is 1. The van der Waals surface area contributed by atoms with Crippen molar-refractivity contribution in [2.24, 2.45) is 0 Å². The number of carbonyl (C=O) groups is 1. The number of halogens is 1. The van der Waals surface area contributed by atoms with Crippen molar-refractivity contribution in [2.75, 3.05) is 19.6 Å². The quantitative estimate of drug-likeness (QED) is 0.883. The van der Waals surface area contributed by atoms with Crippen molar-refractivity contribution in [3.63, 3.8) is 0 Å². The largest absolute Gasteiger partial charge is 0.337 e. The van der Waals surface area contributed by atoms with Crippen LogP contribution in [-0.4, -0.2) is 41.5 Å². The van der Waals surface area contributed by atoms with E-state index in [4.69, 9.17) is 0 Å². The molecule has 1 atom stereocenters. The van der Waals surface area contributed by atoms with Crippen molar-refractivity contribution in [1.29, 1.82) is 0 Å². The van der Waals surface area contributed by atoms with E-state index >= 15 is 0 Å². The molecule has 1 aliphatic rings. The lowest BCUT2D eigenvalue weighted by Gasteiger charge is -2.25. The summed E-state index contributed by atoms with van der Waals surface area (Å²) in [6.45, 7) is 4.32. The minimum atomic E-state index is -0.548. The molecule has 0 aromatic carbocycles. The van der Waals surface area contributed by atoms with Gasteiger partial charge in [0.15, 0.2) is 5.82 Å². The van der Waals surface area contributed by atoms with E-state index in [9.17, 15) is 9.18 Å². The third kappa shape index (κ3) is 3.50. The highest BCUT2D eigenvalue weighted by Gasteiger charge is 2.23. The predicted octanol–water partition coefficient (Wildman–Crippen LogP) is 1.82. The van der Waals surface area contributed by atoms with E-state index in [0.717, 1.165) is 32.0 Å². The fourth-order valence-corrected chi connectivity index (χ4v) is 2.44. The van der Waals surface area contributed by atoms with Gasteiger partial charge in [0.2, 0.25) is 0 Å². The number of aromatic nitrogens is 1. The van der Waals surface area contributed by atoms with E-state index in [1.54, 1.807) is 4.90 Å². The standard InChI is InChI=1S/C14H20FN3O/c1-2-8-18(10-11-4-3-6-17-11)14(19)12-5-7-16-9-13(12)15/h5,7,9,11,17H,2-4,6,8,10H2,1H3. The Morgan fingerprint density at radius 1 is 1.63 bits per heavy atom. The van der Waals surface area contributed by atoms with Crippen LogP contribution in [0.2, 0.25) is 0 Å². The summed E-state index contributed by atoms with van der Waals surface area (Å²) >= 11 is 0. The van der Waals surface area contributed by atoms with Crippen molar-refractivity contribution >= 4 is 5.91 Å². The van der Waals surface area contributed by atoms with Gasteiger partial charge in [-0.05, 0) is 31.9 Å². The van der Waals surface area contributed by atoms with Gasteiger partial charge in [0.1, 0.15) is 0 Å². The molecule has 2 rings (SSSR count). The van der Waals surface area contributed by atoms with E-state index < -0.39 is 5.82 Å². The normalized spacial score (nSPS) is 18.5. The minimum absolute atomic E-state index is 0.112. The molecule has 1 aliphatic heterocycles. The highest BCUT2D eigenvalue weighted by molar-refractivity contribution is 5.94. The predicted molar refractivity (Wildman–Crippen MR) is 71.4 cm³/mol. The molecular weight excluding hydrogens is 245 g/mol. The molecule has 0 saturated carbocycles. The second-order valence-corrected chi connectivity index (χ2v) is 4.90. The molecule has 5 heteroatoms. The van der Waals surface area contributed by atoms with Gasteiger partial charge < -0.3 is 10.2 Å². The Labute approximate surface area is 113 Å². The molecule has 1 aromatic heterocycles. The van der Waals surface area contributed by atoms with E-state index in [1.807, 2.05) is 6.92 Å². The van der Waals surface area contributed by atoms with Gasteiger partial charge in [0, 0.05) is 25.3 Å². The summed E-state index contributed by atoms with van der Waals surface area (Å²) in [6.07, 6.45) is 5.62. The van der Waals surface area contributed by atoms with E-state index in [-0.39, 0.29) is 11.5 Å². The van der Waals surface area contributed by atoms with Gasteiger partial charge in [-0.3, -0.25) is 9.78 Å². The average Bonchev–Trinajstić information content (AvgIpc) is 2.91. The number of hydrogen-bond acceptors (Lipinski definition) is 3. The lowest BCUT2D eigenvalue weighted by atomic mass is 10.1. The van der Waals surface area contributed by atoms with Gasteiger partial charge in [-0.25, -0.2) is 4.39 Å². The SMILES string of the molecule is CCCN(CC1CCCN1)C(=O)c1ccncc1F. The van der Waals surface area contributed by atoms with Crippen LogP contribution in [0.5, 0.6) is 0 Å². The van der Waals surface area contributed by atoms with Crippen molar-refractivity contribution in [3.05, 3.63) is 29.8 Å². The zero-order chi connectivity index (χ0) is 13.7. The summed E-state index contributed by atoms with van der Waals surface area (Å²) in [5.74, 6) is -0.788. The molecule has 1 saturated heterocycles. The molecule has 0 spiro atoms. The first-order valence-corrected chi connectivity index (χ1v) is 6.84. The highest BCUT2D eigenvalue weighted by Crippen LogP contribution is 2.13. The molecule has 104 valence electrons. The average molecular weight is 265 g/mol. The van der Waals surface area contributed by atoms with Crippen LogP contribution in [-0.2, 0) is 0 Å². The molecule has 1 aromatic rings. The van der Waals surface area contributed by atoms with E-state index in [2.05, 4.69) is 10.3 Å². The molecule has 0 aliphatic carbocycles. The summed E-state index contributed by atoms with van der Waals surface area (Å²) in [5.41, 5.74) is 0.112. The Balaban J connectivity index is 2.09. The molecule has 0 radical (unpaired) electrons. The molecule has 1 fully saturated rings. The number of nitrogens with one attached hydrogen (secondary N) is 1. The third-order valence-corrected chi connectivity index (χ3v) is 3.39. The van der Waals surface area contributed by atoms with Crippen LogP contribution in [0.3, 0.4) is 0 Å². The van der Waals surface area contributed by atoms with Gasteiger partial charge in [0.05, 0.1) is 11.8 Å². The molecule has 1 amide bonds. The summed E-state index contributed by atoms with van der Waals surface area (Å²) in [6, 6.07) is 1.78. The zero-order valence-corrected chi connectivity index (χ0v) is 11.2. The first kappa shape index (κ1) is 13.9. The Bertz CT molecular complexity index is 432. The Kier molecular flexibility index (Phi) is 4.85. The summed E-state index contributed by atoms with van der Waals surface area (Å²) in [4.78, 5) is 17.8. The topological polar surface area (TPSA) is 45.2 Å². The van der Waals surface area contributed by atoms with Gasteiger partial charge in [-0.15, -0.1) is 0 Å². The summed E-state index contributed by atoms with van der Waals surface area (Å²) in [7, 11) is 0. The van der Waals surface area contributed by atoms with E-state index in [1.165, 1.54) is 12.3 Å². The summed E-state index contributed by atoms with van der Waals surface area (Å²) in [5, 5.41) is 3.37. The smallest absolute Gasteiger partial charge is 0.256 e. The molecule has 2 heterocycles. The highest BCUT2D eigenvalue weighted by atomic mass is 19.1. The molecule has 4 nitrogen and oxygen atoms in total. The maximum atomic E-state index is 13.6. The van der Waals surface area contributed by atoms with Crippen molar-refractivity contribution in [3.8, 4) is 0 Å². The fourth-order valence-electron chi connectivity index (χ4n) is 2.44. The second-order valence-electron chi connectivity index (χ2n) is 4.90. The minimum Gasteiger partial charge on any atom is -0.337 e. The maximum Gasteiger partial charge on any atom is 0.256 e. The lowest BCUT2D eigenvalue weighted by Crippen LogP contribution is -2.41. The van der Waals surface area contributed by atoms with Crippen LogP contribution in [0.25, 0.3) is 0 Å². The van der Waals surface area contributed by atoms with Gasteiger partial charge in [-0.1, -0.05) is 6.92 Å². The third-order valence-electron chi connectivity index (χ3n) is 3.39.